The van der Waals surface area contributed by atoms with Crippen molar-refractivity contribution >= 4 is 22.8 Å². The summed E-state index contributed by atoms with van der Waals surface area (Å²) in [6.45, 7) is 2.84. The Balaban J connectivity index is 1.64. The maximum absolute atomic E-state index is 12.7. The summed E-state index contributed by atoms with van der Waals surface area (Å²) in [4.78, 5) is 28.8. The summed E-state index contributed by atoms with van der Waals surface area (Å²) in [5.74, 6) is -0.635. The molecule has 1 aromatic carbocycles. The van der Waals surface area contributed by atoms with E-state index in [-0.39, 0.29) is 18.4 Å². The lowest BCUT2D eigenvalue weighted by atomic mass is 9.97. The van der Waals surface area contributed by atoms with E-state index in [9.17, 15) is 9.59 Å². The fourth-order valence-electron chi connectivity index (χ4n) is 3.88. The lowest BCUT2D eigenvalue weighted by Gasteiger charge is -2.35. The molecule has 1 fully saturated rings. The molecule has 0 saturated carbocycles. The van der Waals surface area contributed by atoms with Crippen molar-refractivity contribution < 1.29 is 14.7 Å². The van der Waals surface area contributed by atoms with Crippen molar-refractivity contribution in [3.8, 4) is 0 Å². The highest BCUT2D eigenvalue weighted by Crippen LogP contribution is 2.25. The van der Waals surface area contributed by atoms with Gasteiger partial charge in [-0.15, -0.1) is 0 Å². The van der Waals surface area contributed by atoms with Gasteiger partial charge in [-0.2, -0.15) is 0 Å². The number of piperidine rings is 1. The largest absolute Gasteiger partial charge is 0.481 e. The molecule has 2 aromatic rings. The molecule has 3 rings (SSSR count). The van der Waals surface area contributed by atoms with Crippen molar-refractivity contribution in [3.05, 3.63) is 35.5 Å². The van der Waals surface area contributed by atoms with Gasteiger partial charge in [0.1, 0.15) is 0 Å². The summed E-state index contributed by atoms with van der Waals surface area (Å²) < 4.78 is 0. The molecule has 1 amide bonds. The van der Waals surface area contributed by atoms with E-state index in [4.69, 9.17) is 5.11 Å². The number of nitrogens with one attached hydrogen (secondary N) is 1. The van der Waals surface area contributed by atoms with Gasteiger partial charge in [0, 0.05) is 42.5 Å². The predicted molar refractivity (Wildman–Crippen MR) is 97.6 cm³/mol. The van der Waals surface area contributed by atoms with Gasteiger partial charge in [0.25, 0.3) is 0 Å². The molecule has 0 aliphatic carbocycles. The third kappa shape index (κ3) is 4.03. The number of aromatic nitrogens is 1. The lowest BCUT2D eigenvalue weighted by molar-refractivity contribution is -0.140. The van der Waals surface area contributed by atoms with Gasteiger partial charge in [0.2, 0.25) is 5.91 Å². The maximum Gasteiger partial charge on any atom is 0.303 e. The molecule has 25 heavy (non-hydrogen) atoms. The van der Waals surface area contributed by atoms with Crippen LogP contribution in [0.4, 0.5) is 0 Å². The van der Waals surface area contributed by atoms with E-state index >= 15 is 0 Å². The zero-order valence-corrected chi connectivity index (χ0v) is 14.8. The summed E-state index contributed by atoms with van der Waals surface area (Å²) in [6, 6.07) is 6.30. The quantitative estimate of drug-likeness (QED) is 0.841. The molecule has 5 nitrogen and oxygen atoms in total. The average molecular weight is 342 g/mol. The summed E-state index contributed by atoms with van der Waals surface area (Å²) in [5.41, 5.74) is 3.52. The summed E-state index contributed by atoms with van der Waals surface area (Å²) in [7, 11) is 0. The minimum absolute atomic E-state index is 0.0857. The number of hydrogen-bond donors (Lipinski definition) is 2. The van der Waals surface area contributed by atoms with Gasteiger partial charge in [-0.3, -0.25) is 9.59 Å². The topological polar surface area (TPSA) is 73.4 Å². The number of likely N-dealkylation sites (tertiary alicyclic amines) is 1. The highest BCUT2D eigenvalue weighted by Gasteiger charge is 2.26. The molecular formula is C20H26N2O3. The first kappa shape index (κ1) is 17.5. The lowest BCUT2D eigenvalue weighted by Crippen LogP contribution is -2.44. The fourth-order valence-corrected chi connectivity index (χ4v) is 3.88. The van der Waals surface area contributed by atoms with Crippen LogP contribution in [0.5, 0.6) is 0 Å². The zero-order chi connectivity index (χ0) is 17.8. The van der Waals surface area contributed by atoms with Gasteiger partial charge in [-0.1, -0.05) is 18.2 Å². The second kappa shape index (κ2) is 7.72. The van der Waals surface area contributed by atoms with Crippen molar-refractivity contribution in [3.63, 3.8) is 0 Å². The number of carboxylic acids is 1. The molecule has 1 aromatic heterocycles. The molecule has 2 heterocycles. The number of aliphatic carboxylic acids is 1. The molecule has 0 bridgehead atoms. The van der Waals surface area contributed by atoms with Crippen LogP contribution in [0.15, 0.2) is 24.4 Å². The third-order valence-electron chi connectivity index (χ3n) is 5.26. The maximum atomic E-state index is 12.7. The molecule has 0 spiro atoms. The first-order valence-electron chi connectivity index (χ1n) is 9.13. The van der Waals surface area contributed by atoms with E-state index in [0.717, 1.165) is 31.3 Å². The van der Waals surface area contributed by atoms with Crippen LogP contribution in [0.25, 0.3) is 10.9 Å². The van der Waals surface area contributed by atoms with E-state index in [1.165, 1.54) is 16.5 Å². The Morgan fingerprint density at radius 1 is 1.28 bits per heavy atom. The minimum atomic E-state index is -0.785. The number of fused-ring (bicyclic) bond motifs is 1. The van der Waals surface area contributed by atoms with Crippen molar-refractivity contribution in [1.82, 2.24) is 9.88 Å². The second-order valence-electron chi connectivity index (χ2n) is 6.98. The predicted octanol–water partition coefficient (Wildman–Crippen LogP) is 3.65. The number of para-hydroxylation sites is 1. The Bertz CT molecular complexity index is 765. The molecule has 2 N–H and O–H groups in total. The SMILES string of the molecule is Cc1cccc2c(CCC(=O)N3CCCCC3CCC(=O)O)c[nH]c12. The molecule has 1 unspecified atom stereocenters. The fraction of sp³-hybridized carbons (Fsp3) is 0.500. The van der Waals surface area contributed by atoms with Gasteiger partial charge in [0.15, 0.2) is 0 Å². The number of benzene rings is 1. The minimum Gasteiger partial charge on any atom is -0.481 e. The molecule has 1 saturated heterocycles. The van der Waals surface area contributed by atoms with Crippen LogP contribution >= 0.6 is 0 Å². The Kier molecular flexibility index (Phi) is 5.41. The first-order valence-corrected chi connectivity index (χ1v) is 9.13. The zero-order valence-electron chi connectivity index (χ0n) is 14.8. The number of rotatable bonds is 6. The summed E-state index contributed by atoms with van der Waals surface area (Å²) in [6.07, 6.45) is 6.91. The number of amides is 1. The van der Waals surface area contributed by atoms with E-state index in [0.29, 0.717) is 19.3 Å². The van der Waals surface area contributed by atoms with Gasteiger partial charge in [-0.25, -0.2) is 0 Å². The first-order chi connectivity index (χ1) is 12.1. The van der Waals surface area contributed by atoms with Gasteiger partial charge in [-0.05, 0) is 50.2 Å². The standard InChI is InChI=1S/C20H26N2O3/c1-14-5-4-7-17-15(13-21-20(14)17)8-10-18(23)22-12-3-2-6-16(22)9-11-19(24)25/h4-5,7,13,16,21H,2-3,6,8-12H2,1H3,(H,24,25). The van der Waals surface area contributed by atoms with Crippen LogP contribution in [-0.4, -0.2) is 39.5 Å². The third-order valence-corrected chi connectivity index (χ3v) is 5.26. The highest BCUT2D eigenvalue weighted by molar-refractivity contribution is 5.86. The van der Waals surface area contributed by atoms with Gasteiger partial charge in [0.05, 0.1) is 0 Å². The number of nitrogens with zero attached hydrogens (tertiary/aromatic N) is 1. The molecule has 1 aliphatic rings. The summed E-state index contributed by atoms with van der Waals surface area (Å²) in [5, 5.41) is 10.1. The number of aryl methyl sites for hydroxylation is 2. The number of hydrogen-bond acceptors (Lipinski definition) is 2. The van der Waals surface area contributed by atoms with Gasteiger partial charge >= 0.3 is 5.97 Å². The number of carboxylic acid groups (broad SMARTS) is 1. The molecule has 5 heteroatoms. The molecule has 1 aliphatic heterocycles. The Hall–Kier alpha value is -2.30. The van der Waals surface area contributed by atoms with E-state index in [2.05, 4.69) is 24.0 Å². The highest BCUT2D eigenvalue weighted by atomic mass is 16.4. The van der Waals surface area contributed by atoms with Crippen LogP contribution in [0.2, 0.25) is 0 Å². The Labute approximate surface area is 148 Å². The van der Waals surface area contributed by atoms with Crippen LogP contribution in [0.1, 0.15) is 49.7 Å². The van der Waals surface area contributed by atoms with Crippen LogP contribution in [0.3, 0.4) is 0 Å². The number of H-pyrrole nitrogens is 1. The molecule has 0 radical (unpaired) electrons. The van der Waals surface area contributed by atoms with Crippen LogP contribution in [-0.2, 0) is 16.0 Å². The van der Waals surface area contributed by atoms with Crippen LogP contribution in [0, 0.1) is 6.92 Å². The molecule has 1 atom stereocenters. The number of carbonyl (C=O) groups excluding carboxylic acids is 1. The van der Waals surface area contributed by atoms with E-state index in [1.54, 1.807) is 0 Å². The Morgan fingerprint density at radius 3 is 2.92 bits per heavy atom. The molecule has 134 valence electrons. The van der Waals surface area contributed by atoms with Crippen molar-refractivity contribution in [2.75, 3.05) is 6.54 Å². The normalized spacial score (nSPS) is 17.8. The smallest absolute Gasteiger partial charge is 0.303 e. The van der Waals surface area contributed by atoms with E-state index < -0.39 is 5.97 Å². The summed E-state index contributed by atoms with van der Waals surface area (Å²) >= 11 is 0. The Morgan fingerprint density at radius 2 is 2.12 bits per heavy atom. The van der Waals surface area contributed by atoms with Gasteiger partial charge < -0.3 is 15.0 Å². The molecular weight excluding hydrogens is 316 g/mol. The van der Waals surface area contributed by atoms with Crippen LogP contribution < -0.4 is 0 Å². The second-order valence-corrected chi connectivity index (χ2v) is 6.98. The average Bonchev–Trinajstić information content (AvgIpc) is 3.02. The van der Waals surface area contributed by atoms with Crippen molar-refractivity contribution in [2.45, 2.75) is 57.9 Å². The van der Waals surface area contributed by atoms with Crippen molar-refractivity contribution in [1.29, 1.82) is 0 Å². The number of carbonyl (C=O) groups is 2. The monoisotopic (exact) mass is 342 g/mol. The number of aromatic amines is 1. The van der Waals surface area contributed by atoms with E-state index in [1.807, 2.05) is 17.2 Å². The van der Waals surface area contributed by atoms with Crippen molar-refractivity contribution in [2.24, 2.45) is 0 Å².